The number of ether oxygens (including phenoxy) is 2. The highest BCUT2D eigenvalue weighted by Crippen LogP contribution is 2.30. The molecule has 0 saturated carbocycles. The molecule has 0 spiro atoms. The molecule has 30 heavy (non-hydrogen) atoms. The molecule has 2 aliphatic rings. The van der Waals surface area contributed by atoms with Gasteiger partial charge in [0.05, 0.1) is 0 Å². The lowest BCUT2D eigenvalue weighted by atomic mass is 9.83. The van der Waals surface area contributed by atoms with Gasteiger partial charge in [-0.05, 0) is 92.4 Å². The van der Waals surface area contributed by atoms with Crippen molar-refractivity contribution in [2.45, 2.75) is 103 Å². The van der Waals surface area contributed by atoms with Crippen LogP contribution >= 0.6 is 0 Å². The van der Waals surface area contributed by atoms with Crippen LogP contribution in [0.15, 0.2) is 0 Å². The summed E-state index contributed by atoms with van der Waals surface area (Å²) in [6, 6.07) is 0. The Morgan fingerprint density at radius 1 is 0.667 bits per heavy atom. The second kappa shape index (κ2) is 12.0. The van der Waals surface area contributed by atoms with Crippen molar-refractivity contribution in [1.82, 2.24) is 10.6 Å². The Morgan fingerprint density at radius 2 is 1.00 bits per heavy atom. The van der Waals surface area contributed by atoms with Crippen LogP contribution in [0.2, 0.25) is 0 Å². The topological polar surface area (TPSA) is 76.7 Å². The first-order valence-electron chi connectivity index (χ1n) is 12.1. The highest BCUT2D eigenvalue weighted by molar-refractivity contribution is 5.70. The fraction of sp³-hybridized carbons (Fsp3) is 0.917. The minimum Gasteiger partial charge on any atom is -0.459 e. The summed E-state index contributed by atoms with van der Waals surface area (Å²) in [6.07, 6.45) is 8.67. The van der Waals surface area contributed by atoms with Crippen LogP contribution in [0.4, 0.5) is 0 Å². The number of nitrogens with one attached hydrogen (secondary N) is 2. The molecule has 2 rings (SSSR count). The highest BCUT2D eigenvalue weighted by Gasteiger charge is 2.34. The largest absolute Gasteiger partial charge is 0.459 e. The van der Waals surface area contributed by atoms with Gasteiger partial charge in [-0.15, -0.1) is 0 Å². The zero-order chi connectivity index (χ0) is 22.0. The van der Waals surface area contributed by atoms with Crippen LogP contribution in [0.1, 0.15) is 91.9 Å². The highest BCUT2D eigenvalue weighted by atomic mass is 16.6. The fourth-order valence-electron chi connectivity index (χ4n) is 4.78. The monoisotopic (exact) mass is 424 g/mol. The number of hydrogen-bond donors (Lipinski definition) is 2. The summed E-state index contributed by atoms with van der Waals surface area (Å²) in [7, 11) is 0. The molecule has 0 unspecified atom stereocenters. The normalized spacial score (nSPS) is 19.5. The number of esters is 2. The third-order valence-corrected chi connectivity index (χ3v) is 6.91. The van der Waals surface area contributed by atoms with E-state index in [0.29, 0.717) is 24.7 Å². The Hall–Kier alpha value is -1.14. The van der Waals surface area contributed by atoms with Crippen LogP contribution in [-0.2, 0) is 19.1 Å². The lowest BCUT2D eigenvalue weighted by Crippen LogP contribution is -2.42. The molecule has 0 bridgehead atoms. The molecular formula is C24H44N2O4. The molecule has 0 amide bonds. The van der Waals surface area contributed by atoms with Crippen molar-refractivity contribution in [1.29, 1.82) is 0 Å². The van der Waals surface area contributed by atoms with Gasteiger partial charge in [0, 0.05) is 24.7 Å². The zero-order valence-electron chi connectivity index (χ0n) is 19.7. The van der Waals surface area contributed by atoms with Crippen LogP contribution in [-0.4, -0.2) is 49.3 Å². The predicted molar refractivity (Wildman–Crippen MR) is 119 cm³/mol. The quantitative estimate of drug-likeness (QED) is 0.386. The lowest BCUT2D eigenvalue weighted by molar-refractivity contribution is -0.164. The van der Waals surface area contributed by atoms with Crippen molar-refractivity contribution in [3.63, 3.8) is 0 Å². The maximum Gasteiger partial charge on any atom is 0.306 e. The third-order valence-electron chi connectivity index (χ3n) is 6.91. The van der Waals surface area contributed by atoms with Gasteiger partial charge in [-0.3, -0.25) is 9.59 Å². The van der Waals surface area contributed by atoms with E-state index in [9.17, 15) is 9.59 Å². The Bertz CT molecular complexity index is 487. The summed E-state index contributed by atoms with van der Waals surface area (Å²) in [6.45, 7) is 12.2. The molecule has 0 atom stereocenters. The number of hydrogen-bond acceptors (Lipinski definition) is 6. The van der Waals surface area contributed by atoms with E-state index < -0.39 is 0 Å². The molecule has 0 aromatic rings. The fourth-order valence-corrected chi connectivity index (χ4v) is 4.78. The Labute approximate surface area is 183 Å². The Balaban J connectivity index is 1.54. The molecule has 174 valence electrons. The van der Waals surface area contributed by atoms with E-state index in [2.05, 4.69) is 10.6 Å². The van der Waals surface area contributed by atoms with Gasteiger partial charge in [0.1, 0.15) is 11.2 Å². The number of unbranched alkanes of at least 4 members (excludes halogenated alkanes) is 3. The van der Waals surface area contributed by atoms with Crippen LogP contribution < -0.4 is 10.6 Å². The van der Waals surface area contributed by atoms with Crippen molar-refractivity contribution in [2.75, 3.05) is 26.2 Å². The van der Waals surface area contributed by atoms with Gasteiger partial charge < -0.3 is 20.1 Å². The SMILES string of the molecule is CC(C)(OC(=O)CCCCCCC(=O)OC(C)(C)C1CCNCC1)C1CCNCC1. The van der Waals surface area contributed by atoms with Crippen LogP contribution in [0.3, 0.4) is 0 Å². The molecule has 2 saturated heterocycles. The smallest absolute Gasteiger partial charge is 0.306 e. The second-order valence-electron chi connectivity index (χ2n) is 10.1. The summed E-state index contributed by atoms with van der Waals surface area (Å²) < 4.78 is 11.6. The van der Waals surface area contributed by atoms with E-state index in [4.69, 9.17) is 9.47 Å². The number of carbonyl (C=O) groups is 2. The van der Waals surface area contributed by atoms with Crippen LogP contribution in [0, 0.1) is 11.8 Å². The Kier molecular flexibility index (Phi) is 10.1. The van der Waals surface area contributed by atoms with Crippen LogP contribution in [0.5, 0.6) is 0 Å². The predicted octanol–water partition coefficient (Wildman–Crippen LogP) is 3.97. The minimum atomic E-state index is -0.385. The standard InChI is InChI=1S/C24H44N2O4/c1-23(2,19-11-15-25-16-12-19)29-21(27)9-7-5-6-8-10-22(28)30-24(3,4)20-13-17-26-18-14-20/h19-20,25-26H,5-18H2,1-4H3. The Morgan fingerprint density at radius 3 is 1.33 bits per heavy atom. The average Bonchev–Trinajstić information content (AvgIpc) is 2.71. The number of piperidine rings is 2. The molecule has 2 N–H and O–H groups in total. The van der Waals surface area contributed by atoms with Gasteiger partial charge in [0.15, 0.2) is 0 Å². The minimum absolute atomic E-state index is 0.0957. The lowest BCUT2D eigenvalue weighted by Gasteiger charge is -2.36. The van der Waals surface area contributed by atoms with E-state index >= 15 is 0 Å². The van der Waals surface area contributed by atoms with Crippen molar-refractivity contribution >= 4 is 11.9 Å². The summed E-state index contributed by atoms with van der Waals surface area (Å²) in [5.41, 5.74) is -0.770. The molecule has 2 fully saturated rings. The third kappa shape index (κ3) is 8.54. The van der Waals surface area contributed by atoms with Gasteiger partial charge in [-0.2, -0.15) is 0 Å². The van der Waals surface area contributed by atoms with Gasteiger partial charge in [0.2, 0.25) is 0 Å². The average molecular weight is 425 g/mol. The van der Waals surface area contributed by atoms with Crippen molar-refractivity contribution in [3.05, 3.63) is 0 Å². The number of rotatable bonds is 11. The first-order chi connectivity index (χ1) is 14.2. The molecule has 0 aliphatic carbocycles. The van der Waals surface area contributed by atoms with E-state index in [1.165, 1.54) is 0 Å². The maximum absolute atomic E-state index is 12.2. The maximum atomic E-state index is 12.2. The molecule has 2 aliphatic heterocycles. The van der Waals surface area contributed by atoms with E-state index in [1.54, 1.807) is 0 Å². The first-order valence-corrected chi connectivity index (χ1v) is 12.1. The second-order valence-corrected chi connectivity index (χ2v) is 10.1. The molecule has 0 radical (unpaired) electrons. The zero-order valence-corrected chi connectivity index (χ0v) is 19.7. The van der Waals surface area contributed by atoms with Gasteiger partial charge >= 0.3 is 11.9 Å². The summed E-state index contributed by atoms with van der Waals surface area (Å²) >= 11 is 0. The molecular weight excluding hydrogens is 380 g/mol. The molecule has 0 aromatic carbocycles. The molecule has 6 nitrogen and oxygen atoms in total. The van der Waals surface area contributed by atoms with Gasteiger partial charge in [0.25, 0.3) is 0 Å². The number of carbonyl (C=O) groups excluding carboxylic acids is 2. The summed E-state index contributed by atoms with van der Waals surface area (Å²) in [5.74, 6) is 0.675. The van der Waals surface area contributed by atoms with E-state index in [1.807, 2.05) is 27.7 Å². The van der Waals surface area contributed by atoms with Crippen LogP contribution in [0.25, 0.3) is 0 Å². The van der Waals surface area contributed by atoms with E-state index in [0.717, 1.165) is 77.5 Å². The molecule has 2 heterocycles. The van der Waals surface area contributed by atoms with Gasteiger partial charge in [-0.1, -0.05) is 12.8 Å². The van der Waals surface area contributed by atoms with Crippen molar-refractivity contribution in [2.24, 2.45) is 11.8 Å². The first kappa shape index (κ1) is 25.1. The summed E-state index contributed by atoms with van der Waals surface area (Å²) in [5, 5.41) is 6.71. The van der Waals surface area contributed by atoms with E-state index in [-0.39, 0.29) is 23.1 Å². The van der Waals surface area contributed by atoms with Crippen molar-refractivity contribution in [3.8, 4) is 0 Å². The van der Waals surface area contributed by atoms with Crippen molar-refractivity contribution < 1.29 is 19.1 Å². The molecule has 6 heteroatoms. The molecule has 0 aromatic heterocycles. The van der Waals surface area contributed by atoms with Gasteiger partial charge in [-0.25, -0.2) is 0 Å². The summed E-state index contributed by atoms with van der Waals surface area (Å²) in [4.78, 5) is 24.5.